The molecule has 1 rings (SSSR count). The third-order valence-electron chi connectivity index (χ3n) is 2.53. The first kappa shape index (κ1) is 14.8. The number of anilines is 1. The van der Waals surface area contributed by atoms with E-state index in [9.17, 15) is 9.59 Å². The third-order valence-corrected chi connectivity index (χ3v) is 2.53. The largest absolute Gasteiger partial charge is 0.388 e. The molecule has 19 heavy (non-hydrogen) atoms. The molecule has 0 saturated carbocycles. The lowest BCUT2D eigenvalue weighted by Gasteiger charge is -2.12. The predicted molar refractivity (Wildman–Crippen MR) is 75.4 cm³/mol. The van der Waals surface area contributed by atoms with Gasteiger partial charge in [-0.25, -0.2) is 4.79 Å². The number of amides is 3. The van der Waals surface area contributed by atoms with Gasteiger partial charge in [-0.1, -0.05) is 0 Å². The summed E-state index contributed by atoms with van der Waals surface area (Å²) in [6, 6.07) is 7.00. The van der Waals surface area contributed by atoms with Crippen LogP contribution in [0.15, 0.2) is 24.3 Å². The Morgan fingerprint density at radius 2 is 1.63 bits per heavy atom. The number of rotatable bonds is 5. The monoisotopic (exact) mass is 264 g/mol. The fourth-order valence-electron chi connectivity index (χ4n) is 1.39. The van der Waals surface area contributed by atoms with E-state index >= 15 is 0 Å². The standard InChI is InChI=1S/C13H20N4O2/c1-14-11-6-4-10(5-7-11)12(18)15-8-9-16-13(19)17(2)3/h4-7,14H,8-9H2,1-3H3,(H,15,18)(H,16,19). The molecule has 3 N–H and O–H groups in total. The second-order valence-electron chi connectivity index (χ2n) is 4.21. The van der Waals surface area contributed by atoms with E-state index < -0.39 is 0 Å². The van der Waals surface area contributed by atoms with Crippen molar-refractivity contribution in [3.05, 3.63) is 29.8 Å². The number of hydrogen-bond donors (Lipinski definition) is 3. The summed E-state index contributed by atoms with van der Waals surface area (Å²) < 4.78 is 0. The number of urea groups is 1. The molecule has 0 aliphatic rings. The van der Waals surface area contributed by atoms with Gasteiger partial charge >= 0.3 is 6.03 Å². The Hall–Kier alpha value is -2.24. The number of carbonyl (C=O) groups is 2. The molecule has 0 aromatic heterocycles. The summed E-state index contributed by atoms with van der Waals surface area (Å²) in [6.45, 7) is 0.795. The molecule has 6 heteroatoms. The minimum absolute atomic E-state index is 0.151. The topological polar surface area (TPSA) is 73.5 Å². The maximum absolute atomic E-state index is 11.8. The van der Waals surface area contributed by atoms with E-state index in [2.05, 4.69) is 16.0 Å². The molecule has 0 atom stereocenters. The van der Waals surface area contributed by atoms with Crippen LogP contribution in [0, 0.1) is 0 Å². The molecule has 6 nitrogen and oxygen atoms in total. The summed E-state index contributed by atoms with van der Waals surface area (Å²) in [5.41, 5.74) is 1.55. The fraction of sp³-hybridized carbons (Fsp3) is 0.385. The van der Waals surface area contributed by atoms with E-state index in [1.165, 1.54) is 4.90 Å². The van der Waals surface area contributed by atoms with E-state index in [0.717, 1.165) is 5.69 Å². The highest BCUT2D eigenvalue weighted by molar-refractivity contribution is 5.94. The zero-order valence-electron chi connectivity index (χ0n) is 11.5. The lowest BCUT2D eigenvalue weighted by Crippen LogP contribution is -2.39. The van der Waals surface area contributed by atoms with Gasteiger partial charge in [-0.2, -0.15) is 0 Å². The molecule has 0 spiro atoms. The Labute approximate surface area is 113 Å². The molecule has 0 bridgehead atoms. The Kier molecular flexibility index (Phi) is 5.66. The summed E-state index contributed by atoms with van der Waals surface area (Å²) in [7, 11) is 5.15. The first-order valence-corrected chi connectivity index (χ1v) is 6.05. The Bertz CT molecular complexity index is 429. The summed E-state index contributed by atoms with van der Waals surface area (Å²) >= 11 is 0. The number of nitrogens with zero attached hydrogens (tertiary/aromatic N) is 1. The van der Waals surface area contributed by atoms with E-state index in [1.54, 1.807) is 26.2 Å². The minimum Gasteiger partial charge on any atom is -0.388 e. The predicted octanol–water partition coefficient (Wildman–Crippen LogP) is 0.729. The van der Waals surface area contributed by atoms with Gasteiger partial charge in [0.05, 0.1) is 0 Å². The van der Waals surface area contributed by atoms with Crippen LogP contribution in [0.5, 0.6) is 0 Å². The molecule has 1 aromatic rings. The van der Waals surface area contributed by atoms with Crippen molar-refractivity contribution in [1.29, 1.82) is 0 Å². The van der Waals surface area contributed by atoms with Crippen LogP contribution in [0.3, 0.4) is 0 Å². The van der Waals surface area contributed by atoms with Crippen LogP contribution in [0.25, 0.3) is 0 Å². The molecule has 0 heterocycles. The summed E-state index contributed by atoms with van der Waals surface area (Å²) in [5.74, 6) is -0.151. The van der Waals surface area contributed by atoms with Crippen LogP contribution in [0.2, 0.25) is 0 Å². The normalized spacial score (nSPS) is 9.63. The third kappa shape index (κ3) is 4.87. The van der Waals surface area contributed by atoms with Crippen LogP contribution in [0.4, 0.5) is 10.5 Å². The van der Waals surface area contributed by atoms with Gasteiger partial charge in [0.15, 0.2) is 0 Å². The van der Waals surface area contributed by atoms with Crippen molar-refractivity contribution >= 4 is 17.6 Å². The van der Waals surface area contributed by atoms with E-state index in [0.29, 0.717) is 18.7 Å². The quantitative estimate of drug-likeness (QED) is 0.686. The highest BCUT2D eigenvalue weighted by atomic mass is 16.2. The molecule has 104 valence electrons. The second kappa shape index (κ2) is 7.25. The van der Waals surface area contributed by atoms with Crippen molar-refractivity contribution in [1.82, 2.24) is 15.5 Å². The number of carbonyl (C=O) groups excluding carboxylic acids is 2. The molecule has 0 aliphatic carbocycles. The van der Waals surface area contributed by atoms with Gasteiger partial charge in [0.1, 0.15) is 0 Å². The van der Waals surface area contributed by atoms with Crippen LogP contribution in [-0.2, 0) is 0 Å². The van der Waals surface area contributed by atoms with Gasteiger partial charge in [-0.15, -0.1) is 0 Å². The van der Waals surface area contributed by atoms with Crippen molar-refractivity contribution in [2.24, 2.45) is 0 Å². The summed E-state index contributed by atoms with van der Waals surface area (Å²) in [5, 5.41) is 8.39. The van der Waals surface area contributed by atoms with Crippen molar-refractivity contribution < 1.29 is 9.59 Å². The molecule has 0 radical (unpaired) electrons. The van der Waals surface area contributed by atoms with E-state index in [1.807, 2.05) is 19.2 Å². The second-order valence-corrected chi connectivity index (χ2v) is 4.21. The first-order chi connectivity index (χ1) is 9.04. The Balaban J connectivity index is 2.33. The highest BCUT2D eigenvalue weighted by Crippen LogP contribution is 2.07. The van der Waals surface area contributed by atoms with Crippen molar-refractivity contribution in [3.8, 4) is 0 Å². The zero-order valence-corrected chi connectivity index (χ0v) is 11.5. The zero-order chi connectivity index (χ0) is 14.3. The van der Waals surface area contributed by atoms with Crippen LogP contribution in [-0.4, -0.2) is 51.1 Å². The van der Waals surface area contributed by atoms with Gasteiger partial charge < -0.3 is 20.9 Å². The lowest BCUT2D eigenvalue weighted by atomic mass is 10.2. The van der Waals surface area contributed by atoms with Gasteiger partial charge in [-0.05, 0) is 24.3 Å². The van der Waals surface area contributed by atoms with Crippen LogP contribution < -0.4 is 16.0 Å². The van der Waals surface area contributed by atoms with Gasteiger partial charge in [0, 0.05) is 45.5 Å². The van der Waals surface area contributed by atoms with Crippen molar-refractivity contribution in [3.63, 3.8) is 0 Å². The van der Waals surface area contributed by atoms with Crippen LogP contribution >= 0.6 is 0 Å². The van der Waals surface area contributed by atoms with E-state index in [-0.39, 0.29) is 11.9 Å². The number of hydrogen-bond acceptors (Lipinski definition) is 3. The van der Waals surface area contributed by atoms with Crippen molar-refractivity contribution in [2.45, 2.75) is 0 Å². The van der Waals surface area contributed by atoms with Gasteiger partial charge in [-0.3, -0.25) is 4.79 Å². The maximum atomic E-state index is 11.8. The smallest absolute Gasteiger partial charge is 0.316 e. The highest BCUT2D eigenvalue weighted by Gasteiger charge is 2.05. The van der Waals surface area contributed by atoms with Crippen LogP contribution in [0.1, 0.15) is 10.4 Å². The fourth-order valence-corrected chi connectivity index (χ4v) is 1.39. The molecule has 0 fully saturated rings. The summed E-state index contributed by atoms with van der Waals surface area (Å²) in [6.07, 6.45) is 0. The average molecular weight is 264 g/mol. The number of benzene rings is 1. The molecule has 0 aliphatic heterocycles. The van der Waals surface area contributed by atoms with Crippen molar-refractivity contribution in [2.75, 3.05) is 39.5 Å². The number of nitrogens with one attached hydrogen (secondary N) is 3. The molecular weight excluding hydrogens is 244 g/mol. The first-order valence-electron chi connectivity index (χ1n) is 6.05. The van der Waals surface area contributed by atoms with E-state index in [4.69, 9.17) is 0 Å². The molecule has 3 amide bonds. The van der Waals surface area contributed by atoms with Gasteiger partial charge in [0.25, 0.3) is 5.91 Å². The maximum Gasteiger partial charge on any atom is 0.316 e. The average Bonchev–Trinajstić information content (AvgIpc) is 2.43. The molecule has 1 aromatic carbocycles. The Morgan fingerprint density at radius 1 is 1.05 bits per heavy atom. The van der Waals surface area contributed by atoms with Gasteiger partial charge in [0.2, 0.25) is 0 Å². The molecule has 0 saturated heterocycles. The molecule has 0 unspecified atom stereocenters. The molecular formula is C13H20N4O2. The minimum atomic E-state index is -0.173. The Morgan fingerprint density at radius 3 is 2.16 bits per heavy atom. The SMILES string of the molecule is CNc1ccc(C(=O)NCCNC(=O)N(C)C)cc1. The summed E-state index contributed by atoms with van der Waals surface area (Å²) in [4.78, 5) is 24.4. The lowest BCUT2D eigenvalue weighted by molar-refractivity contribution is 0.0953.